The lowest BCUT2D eigenvalue weighted by Gasteiger charge is -2.01. The van der Waals surface area contributed by atoms with Gasteiger partial charge in [-0.05, 0) is 24.3 Å². The fraction of sp³-hybridized carbons (Fsp3) is 0. The minimum absolute atomic E-state index is 0.577. The largest absolute Gasteiger partial charge is 0.399 e. The van der Waals surface area contributed by atoms with Gasteiger partial charge in [0.15, 0.2) is 0 Å². The van der Waals surface area contributed by atoms with Gasteiger partial charge in [-0.1, -0.05) is 17.7 Å². The number of nitrogen functional groups attached to an aromatic ring is 1. The first-order chi connectivity index (χ1) is 7.20. The van der Waals surface area contributed by atoms with Crippen molar-refractivity contribution in [3.8, 4) is 16.5 Å². The van der Waals surface area contributed by atoms with Crippen LogP contribution >= 0.6 is 22.9 Å². The van der Waals surface area contributed by atoms with Crippen LogP contribution in [0.2, 0.25) is 4.34 Å². The molecule has 2 N–H and O–H groups in total. The molecule has 4 heteroatoms. The number of halogens is 1. The standard InChI is InChI=1S/C11H7ClN2S/c12-11-4-3-10(15-11)9-2-1-8(14)5-7(9)6-13/h1-5H,14H2. The van der Waals surface area contributed by atoms with E-state index in [-0.39, 0.29) is 0 Å². The maximum absolute atomic E-state index is 8.98. The first-order valence-corrected chi connectivity index (χ1v) is 5.45. The highest BCUT2D eigenvalue weighted by atomic mass is 35.5. The fourth-order valence-electron chi connectivity index (χ4n) is 1.33. The van der Waals surface area contributed by atoms with Crippen molar-refractivity contribution >= 4 is 28.6 Å². The molecule has 15 heavy (non-hydrogen) atoms. The molecule has 2 nitrogen and oxygen atoms in total. The first kappa shape index (κ1) is 10.0. The van der Waals surface area contributed by atoms with Gasteiger partial charge in [0.2, 0.25) is 0 Å². The summed E-state index contributed by atoms with van der Waals surface area (Å²) in [5, 5.41) is 8.98. The van der Waals surface area contributed by atoms with Crippen molar-refractivity contribution in [3.05, 3.63) is 40.2 Å². The molecule has 0 unspecified atom stereocenters. The van der Waals surface area contributed by atoms with Crippen LogP contribution in [0.25, 0.3) is 10.4 Å². The highest BCUT2D eigenvalue weighted by molar-refractivity contribution is 7.19. The number of nitrogens with zero attached hydrogens (tertiary/aromatic N) is 1. The van der Waals surface area contributed by atoms with Crippen LogP contribution in [0.15, 0.2) is 30.3 Å². The lowest BCUT2D eigenvalue weighted by atomic mass is 10.1. The van der Waals surface area contributed by atoms with Gasteiger partial charge in [0, 0.05) is 16.1 Å². The van der Waals surface area contributed by atoms with Gasteiger partial charge in [0.1, 0.15) is 0 Å². The van der Waals surface area contributed by atoms with Gasteiger partial charge in [0.25, 0.3) is 0 Å². The van der Waals surface area contributed by atoms with Crippen molar-refractivity contribution in [2.75, 3.05) is 5.73 Å². The van der Waals surface area contributed by atoms with Gasteiger partial charge in [-0.3, -0.25) is 0 Å². The van der Waals surface area contributed by atoms with E-state index in [1.807, 2.05) is 18.2 Å². The third kappa shape index (κ3) is 1.96. The highest BCUT2D eigenvalue weighted by Crippen LogP contribution is 2.33. The van der Waals surface area contributed by atoms with Crippen LogP contribution in [0, 0.1) is 11.3 Å². The number of hydrogen-bond acceptors (Lipinski definition) is 3. The second-order valence-corrected chi connectivity index (χ2v) is 4.74. The number of anilines is 1. The van der Waals surface area contributed by atoms with Gasteiger partial charge in [-0.25, -0.2) is 0 Å². The van der Waals surface area contributed by atoms with Gasteiger partial charge in [0.05, 0.1) is 16.0 Å². The Balaban J connectivity index is 2.58. The molecule has 0 amide bonds. The Morgan fingerprint density at radius 1 is 1.27 bits per heavy atom. The molecule has 0 bridgehead atoms. The summed E-state index contributed by atoms with van der Waals surface area (Å²) >= 11 is 7.30. The van der Waals surface area contributed by atoms with E-state index >= 15 is 0 Å². The molecule has 0 aliphatic heterocycles. The van der Waals surface area contributed by atoms with E-state index in [4.69, 9.17) is 22.6 Å². The van der Waals surface area contributed by atoms with Crippen LogP contribution in [0.4, 0.5) is 5.69 Å². The molecule has 74 valence electrons. The molecule has 0 saturated heterocycles. The molecule has 0 spiro atoms. The van der Waals surface area contributed by atoms with Gasteiger partial charge < -0.3 is 5.73 Å². The van der Waals surface area contributed by atoms with Crippen molar-refractivity contribution in [1.29, 1.82) is 5.26 Å². The molecular weight excluding hydrogens is 228 g/mol. The Morgan fingerprint density at radius 2 is 2.07 bits per heavy atom. The molecule has 1 aromatic heterocycles. The molecule has 2 aromatic rings. The van der Waals surface area contributed by atoms with Crippen molar-refractivity contribution in [2.24, 2.45) is 0 Å². The lowest BCUT2D eigenvalue weighted by Crippen LogP contribution is -1.87. The second kappa shape index (κ2) is 3.93. The fourth-order valence-corrected chi connectivity index (χ4v) is 2.41. The maximum Gasteiger partial charge on any atom is 0.0999 e. The summed E-state index contributed by atoms with van der Waals surface area (Å²) in [6.07, 6.45) is 0. The molecule has 0 atom stereocenters. The summed E-state index contributed by atoms with van der Waals surface area (Å²) < 4.78 is 0.714. The molecule has 1 aromatic carbocycles. The first-order valence-electron chi connectivity index (χ1n) is 4.26. The van der Waals surface area contributed by atoms with E-state index in [0.29, 0.717) is 15.6 Å². The van der Waals surface area contributed by atoms with E-state index < -0.39 is 0 Å². The molecule has 1 heterocycles. The monoisotopic (exact) mass is 234 g/mol. The summed E-state index contributed by atoms with van der Waals surface area (Å²) in [5.74, 6) is 0. The van der Waals surface area contributed by atoms with Crippen LogP contribution in [-0.2, 0) is 0 Å². The zero-order valence-corrected chi connectivity index (χ0v) is 9.27. The lowest BCUT2D eigenvalue weighted by molar-refractivity contribution is 1.49. The molecule has 0 saturated carbocycles. The molecule has 0 aliphatic carbocycles. The molecule has 2 rings (SSSR count). The molecule has 0 aliphatic rings. The SMILES string of the molecule is N#Cc1cc(N)ccc1-c1ccc(Cl)s1. The van der Waals surface area contributed by atoms with Gasteiger partial charge in [-0.15, -0.1) is 11.3 Å². The summed E-state index contributed by atoms with van der Waals surface area (Å²) in [6.45, 7) is 0. The summed E-state index contributed by atoms with van der Waals surface area (Å²) in [6, 6.07) is 11.1. The van der Waals surface area contributed by atoms with Crippen molar-refractivity contribution in [2.45, 2.75) is 0 Å². The Morgan fingerprint density at radius 3 is 2.67 bits per heavy atom. The number of benzene rings is 1. The van der Waals surface area contributed by atoms with Crippen molar-refractivity contribution in [3.63, 3.8) is 0 Å². The number of nitrogens with two attached hydrogens (primary N) is 1. The molecule has 0 radical (unpaired) electrons. The van der Waals surface area contributed by atoms with Crippen LogP contribution < -0.4 is 5.73 Å². The number of nitriles is 1. The van der Waals surface area contributed by atoms with E-state index in [9.17, 15) is 0 Å². The number of thiophene rings is 1. The highest BCUT2D eigenvalue weighted by Gasteiger charge is 2.07. The normalized spacial score (nSPS) is 9.87. The van der Waals surface area contributed by atoms with Crippen molar-refractivity contribution < 1.29 is 0 Å². The maximum atomic E-state index is 8.98. The van der Waals surface area contributed by atoms with Gasteiger partial charge >= 0.3 is 0 Å². The Hall–Kier alpha value is -1.50. The predicted molar refractivity (Wildman–Crippen MR) is 63.9 cm³/mol. The molecule has 0 fully saturated rings. The number of hydrogen-bond donors (Lipinski definition) is 1. The predicted octanol–water partition coefficient (Wildman–Crippen LogP) is 3.52. The average Bonchev–Trinajstić information content (AvgIpc) is 2.64. The van der Waals surface area contributed by atoms with Crippen LogP contribution in [0.1, 0.15) is 5.56 Å². The third-order valence-corrected chi connectivity index (χ3v) is 3.27. The quantitative estimate of drug-likeness (QED) is 0.768. The minimum atomic E-state index is 0.577. The van der Waals surface area contributed by atoms with Crippen LogP contribution in [0.3, 0.4) is 0 Å². The third-order valence-electron chi connectivity index (χ3n) is 2.00. The topological polar surface area (TPSA) is 49.8 Å². The average molecular weight is 235 g/mol. The smallest absolute Gasteiger partial charge is 0.0999 e. The van der Waals surface area contributed by atoms with E-state index in [2.05, 4.69) is 6.07 Å². The zero-order valence-electron chi connectivity index (χ0n) is 7.70. The Kier molecular flexibility index (Phi) is 2.63. The molecular formula is C11H7ClN2S. The van der Waals surface area contributed by atoms with E-state index in [1.54, 1.807) is 12.1 Å². The summed E-state index contributed by atoms with van der Waals surface area (Å²) in [5.41, 5.74) is 7.66. The summed E-state index contributed by atoms with van der Waals surface area (Å²) in [4.78, 5) is 0.983. The van der Waals surface area contributed by atoms with Gasteiger partial charge in [-0.2, -0.15) is 5.26 Å². The number of rotatable bonds is 1. The Labute approximate surface area is 96.5 Å². The summed E-state index contributed by atoms with van der Waals surface area (Å²) in [7, 11) is 0. The van der Waals surface area contributed by atoms with Crippen LogP contribution in [0.5, 0.6) is 0 Å². The minimum Gasteiger partial charge on any atom is -0.399 e. The second-order valence-electron chi connectivity index (χ2n) is 3.02. The Bertz CT molecular complexity index is 540. The zero-order chi connectivity index (χ0) is 10.8. The van der Waals surface area contributed by atoms with E-state index in [1.165, 1.54) is 11.3 Å². The van der Waals surface area contributed by atoms with Crippen LogP contribution in [-0.4, -0.2) is 0 Å². The van der Waals surface area contributed by atoms with E-state index in [0.717, 1.165) is 10.4 Å². The van der Waals surface area contributed by atoms with Crippen molar-refractivity contribution in [1.82, 2.24) is 0 Å².